The van der Waals surface area contributed by atoms with Crippen molar-refractivity contribution in [2.24, 2.45) is 12.8 Å². The molecule has 7 nitrogen and oxygen atoms in total. The summed E-state index contributed by atoms with van der Waals surface area (Å²) in [5, 5.41) is 3.96. The second kappa shape index (κ2) is 4.21. The molecule has 0 saturated carbocycles. The van der Waals surface area contributed by atoms with Crippen LogP contribution in [0.5, 0.6) is 0 Å². The number of carbonyl (C=O) groups excluding carboxylic acids is 2. The van der Waals surface area contributed by atoms with Crippen LogP contribution in [-0.4, -0.2) is 27.8 Å². The Balaban J connectivity index is 2.93. The Morgan fingerprint density at radius 1 is 1.50 bits per heavy atom. The quantitative estimate of drug-likeness (QED) is 0.664. The third kappa shape index (κ3) is 2.13. The molecule has 0 aliphatic carbocycles. The predicted molar refractivity (Wildman–Crippen MR) is 56.4 cm³/mol. The van der Waals surface area contributed by atoms with Crippen molar-refractivity contribution in [3.63, 3.8) is 0 Å². The van der Waals surface area contributed by atoms with Crippen LogP contribution in [0.15, 0.2) is 0 Å². The topological polar surface area (TPSA) is 113 Å². The molecule has 88 valence electrons. The largest absolute Gasteiger partial charge is 0.448 e. The number of nitrogens with two attached hydrogens (primary N) is 2. The van der Waals surface area contributed by atoms with E-state index in [9.17, 15) is 9.59 Å². The van der Waals surface area contributed by atoms with Crippen LogP contribution >= 0.6 is 0 Å². The lowest BCUT2D eigenvalue weighted by Crippen LogP contribution is -2.31. The van der Waals surface area contributed by atoms with Crippen LogP contribution in [0.3, 0.4) is 0 Å². The number of primary amides is 1. The smallest absolute Gasteiger partial charge is 0.359 e. The summed E-state index contributed by atoms with van der Waals surface area (Å²) in [5.74, 6) is -1.43. The molecule has 0 saturated heterocycles. The highest BCUT2D eigenvalue weighted by Gasteiger charge is 2.22. The van der Waals surface area contributed by atoms with E-state index in [0.29, 0.717) is 5.69 Å². The number of rotatable bonds is 3. The fraction of sp³-hybridized carbons (Fsp3) is 0.444. The van der Waals surface area contributed by atoms with Gasteiger partial charge in [0.05, 0.1) is 11.4 Å². The SMILES string of the molecule is Cc1nn(C)c(C(=O)OC(C)C(N)=O)c1N. The van der Waals surface area contributed by atoms with Crippen molar-refractivity contribution in [2.75, 3.05) is 5.73 Å². The molecule has 0 radical (unpaired) electrons. The van der Waals surface area contributed by atoms with E-state index < -0.39 is 18.0 Å². The minimum atomic E-state index is -0.998. The molecule has 0 aliphatic rings. The van der Waals surface area contributed by atoms with Crippen LogP contribution in [-0.2, 0) is 16.6 Å². The molecule has 0 aliphatic heterocycles. The number of amides is 1. The number of aromatic nitrogens is 2. The summed E-state index contributed by atoms with van der Waals surface area (Å²) in [6.07, 6.45) is -0.998. The molecule has 1 heterocycles. The van der Waals surface area contributed by atoms with Gasteiger partial charge in [0.2, 0.25) is 0 Å². The fourth-order valence-corrected chi connectivity index (χ4v) is 1.19. The van der Waals surface area contributed by atoms with Gasteiger partial charge in [0.25, 0.3) is 5.91 Å². The number of ether oxygens (including phenoxy) is 1. The number of anilines is 1. The number of esters is 1. The Morgan fingerprint density at radius 2 is 2.06 bits per heavy atom. The molecular formula is C9H14N4O3. The van der Waals surface area contributed by atoms with E-state index in [1.165, 1.54) is 11.6 Å². The van der Waals surface area contributed by atoms with Gasteiger partial charge in [0.15, 0.2) is 11.8 Å². The maximum atomic E-state index is 11.6. The molecule has 16 heavy (non-hydrogen) atoms. The zero-order valence-corrected chi connectivity index (χ0v) is 9.35. The van der Waals surface area contributed by atoms with Gasteiger partial charge in [-0.25, -0.2) is 4.79 Å². The molecule has 0 aromatic carbocycles. The van der Waals surface area contributed by atoms with Crippen LogP contribution in [0.2, 0.25) is 0 Å². The molecule has 1 aromatic heterocycles. The van der Waals surface area contributed by atoms with Crippen molar-refractivity contribution in [2.45, 2.75) is 20.0 Å². The minimum Gasteiger partial charge on any atom is -0.448 e. The molecule has 4 N–H and O–H groups in total. The van der Waals surface area contributed by atoms with Crippen molar-refractivity contribution >= 4 is 17.6 Å². The highest BCUT2D eigenvalue weighted by atomic mass is 16.5. The van der Waals surface area contributed by atoms with Gasteiger partial charge >= 0.3 is 5.97 Å². The van der Waals surface area contributed by atoms with Crippen molar-refractivity contribution in [3.8, 4) is 0 Å². The first kappa shape index (κ1) is 12.0. The number of carbonyl (C=O) groups is 2. The van der Waals surface area contributed by atoms with Gasteiger partial charge in [0, 0.05) is 7.05 Å². The van der Waals surface area contributed by atoms with Gasteiger partial charge in [-0.05, 0) is 13.8 Å². The fourth-order valence-electron chi connectivity index (χ4n) is 1.19. The zero-order chi connectivity index (χ0) is 12.5. The lowest BCUT2D eigenvalue weighted by molar-refractivity contribution is -0.125. The van der Waals surface area contributed by atoms with Crippen LogP contribution in [0.4, 0.5) is 5.69 Å². The Kier molecular flexibility index (Phi) is 3.17. The van der Waals surface area contributed by atoms with E-state index in [1.54, 1.807) is 14.0 Å². The standard InChI is InChI=1S/C9H14N4O3/c1-4-6(10)7(13(3)12-4)9(15)16-5(2)8(11)14/h5H,10H2,1-3H3,(H2,11,14). The van der Waals surface area contributed by atoms with Gasteiger partial charge in [-0.15, -0.1) is 0 Å². The lowest BCUT2D eigenvalue weighted by Gasteiger charge is -2.09. The Hall–Kier alpha value is -2.05. The van der Waals surface area contributed by atoms with E-state index >= 15 is 0 Å². The summed E-state index contributed by atoms with van der Waals surface area (Å²) >= 11 is 0. The normalized spacial score (nSPS) is 12.2. The molecule has 0 fully saturated rings. The first-order valence-corrected chi connectivity index (χ1v) is 4.64. The molecule has 1 aromatic rings. The highest BCUT2D eigenvalue weighted by Crippen LogP contribution is 2.16. The third-order valence-corrected chi connectivity index (χ3v) is 2.15. The van der Waals surface area contributed by atoms with E-state index in [-0.39, 0.29) is 11.4 Å². The Morgan fingerprint density at radius 3 is 2.44 bits per heavy atom. The number of hydrogen-bond acceptors (Lipinski definition) is 5. The van der Waals surface area contributed by atoms with Crippen molar-refractivity contribution in [1.82, 2.24) is 9.78 Å². The number of nitrogens with zero attached hydrogens (tertiary/aromatic N) is 2. The lowest BCUT2D eigenvalue weighted by atomic mass is 10.3. The maximum Gasteiger partial charge on any atom is 0.359 e. The number of nitrogen functional groups attached to an aromatic ring is 1. The first-order valence-electron chi connectivity index (χ1n) is 4.64. The summed E-state index contributed by atoms with van der Waals surface area (Å²) < 4.78 is 6.12. The third-order valence-electron chi connectivity index (χ3n) is 2.15. The molecule has 0 spiro atoms. The molecule has 1 amide bonds. The van der Waals surface area contributed by atoms with Gasteiger partial charge in [-0.1, -0.05) is 0 Å². The van der Waals surface area contributed by atoms with Gasteiger partial charge in [0.1, 0.15) is 0 Å². The summed E-state index contributed by atoms with van der Waals surface area (Å²) in [6, 6.07) is 0. The summed E-state index contributed by atoms with van der Waals surface area (Å²) in [5.41, 5.74) is 11.5. The van der Waals surface area contributed by atoms with Crippen LogP contribution < -0.4 is 11.5 Å². The molecule has 0 bridgehead atoms. The van der Waals surface area contributed by atoms with E-state index in [0.717, 1.165) is 0 Å². The summed E-state index contributed by atoms with van der Waals surface area (Å²) in [4.78, 5) is 22.4. The zero-order valence-electron chi connectivity index (χ0n) is 9.35. The van der Waals surface area contributed by atoms with Crippen molar-refractivity contribution in [1.29, 1.82) is 0 Å². The van der Waals surface area contributed by atoms with Crippen LogP contribution in [0.1, 0.15) is 23.1 Å². The van der Waals surface area contributed by atoms with E-state index in [2.05, 4.69) is 5.10 Å². The van der Waals surface area contributed by atoms with E-state index in [4.69, 9.17) is 16.2 Å². The highest BCUT2D eigenvalue weighted by molar-refractivity contribution is 5.95. The molecule has 1 rings (SSSR count). The first-order chi connectivity index (χ1) is 7.34. The van der Waals surface area contributed by atoms with Crippen molar-refractivity contribution < 1.29 is 14.3 Å². The minimum absolute atomic E-state index is 0.116. The molecular weight excluding hydrogens is 212 g/mol. The van der Waals surface area contributed by atoms with Crippen LogP contribution in [0.25, 0.3) is 0 Å². The average Bonchev–Trinajstić information content (AvgIpc) is 2.40. The predicted octanol–water partition coefficient (Wildman–Crippen LogP) is -0.659. The van der Waals surface area contributed by atoms with Crippen LogP contribution in [0, 0.1) is 6.92 Å². The number of aryl methyl sites for hydroxylation is 2. The average molecular weight is 226 g/mol. The molecule has 7 heteroatoms. The molecule has 1 atom stereocenters. The van der Waals surface area contributed by atoms with Gasteiger partial charge in [-0.3, -0.25) is 9.48 Å². The maximum absolute atomic E-state index is 11.6. The Bertz CT molecular complexity index is 438. The second-order valence-corrected chi connectivity index (χ2v) is 3.42. The second-order valence-electron chi connectivity index (χ2n) is 3.42. The van der Waals surface area contributed by atoms with E-state index in [1.807, 2.05) is 0 Å². The van der Waals surface area contributed by atoms with Gasteiger partial charge < -0.3 is 16.2 Å². The number of hydrogen-bond donors (Lipinski definition) is 2. The summed E-state index contributed by atoms with van der Waals surface area (Å²) in [7, 11) is 1.56. The summed E-state index contributed by atoms with van der Waals surface area (Å²) in [6.45, 7) is 3.06. The Labute approximate surface area is 92.3 Å². The van der Waals surface area contributed by atoms with Crippen molar-refractivity contribution in [3.05, 3.63) is 11.4 Å². The molecule has 1 unspecified atom stereocenters. The monoisotopic (exact) mass is 226 g/mol. The van der Waals surface area contributed by atoms with Gasteiger partial charge in [-0.2, -0.15) is 5.10 Å².